The van der Waals surface area contributed by atoms with Crippen molar-refractivity contribution in [2.45, 2.75) is 46.2 Å². The molecule has 28 heavy (non-hydrogen) atoms. The van der Waals surface area contributed by atoms with E-state index in [0.29, 0.717) is 6.54 Å². The topological polar surface area (TPSA) is 75.3 Å². The monoisotopic (exact) mass is 380 g/mol. The molecular formula is C23H28N2O3. The zero-order valence-electron chi connectivity index (χ0n) is 16.7. The van der Waals surface area contributed by atoms with Gasteiger partial charge in [-0.05, 0) is 38.3 Å². The molecule has 5 nitrogen and oxygen atoms in total. The van der Waals surface area contributed by atoms with E-state index in [0.717, 1.165) is 11.1 Å². The SMILES string of the molecule is CC(=O)[C@@](C)(CCC(=O)N[C@H](C)c1ccccc1)C(=O)NCc1ccccc1. The second-order valence-corrected chi connectivity index (χ2v) is 7.26. The van der Waals surface area contributed by atoms with Crippen LogP contribution in [-0.4, -0.2) is 17.6 Å². The summed E-state index contributed by atoms with van der Waals surface area (Å²) in [6, 6.07) is 19.0. The van der Waals surface area contributed by atoms with Gasteiger partial charge in [0, 0.05) is 13.0 Å². The quantitative estimate of drug-likeness (QED) is 0.653. The molecule has 0 spiro atoms. The Labute approximate surface area is 166 Å². The fourth-order valence-electron chi connectivity index (χ4n) is 2.92. The number of carbonyl (C=O) groups is 3. The predicted octanol–water partition coefficient (Wildman–Crippen LogP) is 3.56. The van der Waals surface area contributed by atoms with E-state index >= 15 is 0 Å². The van der Waals surface area contributed by atoms with Gasteiger partial charge in [0.1, 0.15) is 11.2 Å². The summed E-state index contributed by atoms with van der Waals surface area (Å²) in [5.74, 6) is -0.783. The fraction of sp³-hybridized carbons (Fsp3) is 0.348. The molecule has 2 amide bonds. The van der Waals surface area contributed by atoms with Crippen molar-refractivity contribution in [3.8, 4) is 0 Å². The van der Waals surface area contributed by atoms with Gasteiger partial charge in [-0.25, -0.2) is 0 Å². The number of carbonyl (C=O) groups excluding carboxylic acids is 3. The van der Waals surface area contributed by atoms with Crippen LogP contribution >= 0.6 is 0 Å². The zero-order valence-corrected chi connectivity index (χ0v) is 16.7. The van der Waals surface area contributed by atoms with Crippen LogP contribution in [0.4, 0.5) is 0 Å². The normalized spacial score (nSPS) is 13.8. The van der Waals surface area contributed by atoms with Gasteiger partial charge in [0.2, 0.25) is 11.8 Å². The molecule has 0 unspecified atom stereocenters. The van der Waals surface area contributed by atoms with Crippen molar-refractivity contribution < 1.29 is 14.4 Å². The van der Waals surface area contributed by atoms with E-state index in [9.17, 15) is 14.4 Å². The Morgan fingerprint density at radius 2 is 1.54 bits per heavy atom. The maximum atomic E-state index is 12.7. The lowest BCUT2D eigenvalue weighted by Crippen LogP contribution is -2.44. The number of hydrogen-bond acceptors (Lipinski definition) is 3. The summed E-state index contributed by atoms with van der Waals surface area (Å²) in [7, 11) is 0. The van der Waals surface area contributed by atoms with E-state index in [-0.39, 0.29) is 36.5 Å². The lowest BCUT2D eigenvalue weighted by atomic mass is 9.80. The molecule has 0 aliphatic heterocycles. The molecule has 2 N–H and O–H groups in total. The largest absolute Gasteiger partial charge is 0.351 e. The van der Waals surface area contributed by atoms with Gasteiger partial charge in [-0.15, -0.1) is 0 Å². The molecule has 0 saturated carbocycles. The Morgan fingerprint density at radius 1 is 0.964 bits per heavy atom. The van der Waals surface area contributed by atoms with Crippen LogP contribution in [0.2, 0.25) is 0 Å². The minimum atomic E-state index is -1.23. The predicted molar refractivity (Wildman–Crippen MR) is 109 cm³/mol. The first-order valence-electron chi connectivity index (χ1n) is 9.50. The summed E-state index contributed by atoms with van der Waals surface area (Å²) >= 11 is 0. The molecule has 2 aromatic carbocycles. The van der Waals surface area contributed by atoms with Crippen molar-refractivity contribution in [3.63, 3.8) is 0 Å². The van der Waals surface area contributed by atoms with Crippen LogP contribution < -0.4 is 10.6 Å². The third kappa shape index (κ3) is 5.78. The highest BCUT2D eigenvalue weighted by Gasteiger charge is 2.38. The van der Waals surface area contributed by atoms with E-state index in [4.69, 9.17) is 0 Å². The molecule has 5 heteroatoms. The molecule has 0 aromatic heterocycles. The van der Waals surface area contributed by atoms with Crippen LogP contribution in [0.3, 0.4) is 0 Å². The maximum absolute atomic E-state index is 12.7. The summed E-state index contributed by atoms with van der Waals surface area (Å²) in [6.07, 6.45) is 0.266. The number of nitrogens with one attached hydrogen (secondary N) is 2. The summed E-state index contributed by atoms with van der Waals surface area (Å²) in [6.45, 7) is 5.25. The van der Waals surface area contributed by atoms with Crippen molar-refractivity contribution >= 4 is 17.6 Å². The molecule has 0 fully saturated rings. The molecule has 2 rings (SSSR count). The lowest BCUT2D eigenvalue weighted by Gasteiger charge is -2.26. The molecule has 0 aliphatic rings. The highest BCUT2D eigenvalue weighted by molar-refractivity contribution is 6.04. The standard InChI is InChI=1S/C23H28N2O3/c1-17(20-12-8-5-9-13-20)25-21(27)14-15-23(3,18(2)26)22(28)24-16-19-10-6-4-7-11-19/h4-13,17H,14-16H2,1-3H3,(H,24,28)(H,25,27)/t17-,23-/m1/s1. The minimum Gasteiger partial charge on any atom is -0.351 e. The van der Waals surface area contributed by atoms with Crippen molar-refractivity contribution in [1.29, 1.82) is 0 Å². The molecule has 0 aliphatic carbocycles. The van der Waals surface area contributed by atoms with Gasteiger partial charge < -0.3 is 10.6 Å². The van der Waals surface area contributed by atoms with E-state index < -0.39 is 5.41 Å². The van der Waals surface area contributed by atoms with Gasteiger partial charge in [-0.3, -0.25) is 14.4 Å². The van der Waals surface area contributed by atoms with Crippen LogP contribution in [0.1, 0.15) is 50.8 Å². The number of amides is 2. The van der Waals surface area contributed by atoms with Gasteiger partial charge in [0.25, 0.3) is 0 Å². The van der Waals surface area contributed by atoms with Crippen LogP contribution in [0, 0.1) is 5.41 Å². The molecule has 2 aromatic rings. The number of ketones is 1. The van der Waals surface area contributed by atoms with Crippen LogP contribution in [-0.2, 0) is 20.9 Å². The Morgan fingerprint density at radius 3 is 2.11 bits per heavy atom. The van der Waals surface area contributed by atoms with Gasteiger partial charge in [0.05, 0.1) is 6.04 Å². The van der Waals surface area contributed by atoms with E-state index in [1.807, 2.05) is 67.6 Å². The number of Topliss-reactive ketones (excluding diaryl/α,β-unsaturated/α-hetero) is 1. The second-order valence-electron chi connectivity index (χ2n) is 7.26. The Bertz CT molecular complexity index is 805. The molecular weight excluding hydrogens is 352 g/mol. The van der Waals surface area contributed by atoms with Crippen LogP contribution in [0.15, 0.2) is 60.7 Å². The van der Waals surface area contributed by atoms with Gasteiger partial charge in [-0.1, -0.05) is 60.7 Å². The number of hydrogen-bond donors (Lipinski definition) is 2. The second kappa shape index (κ2) is 9.83. The van der Waals surface area contributed by atoms with Gasteiger partial charge in [0.15, 0.2) is 0 Å². The molecule has 0 bridgehead atoms. The first-order chi connectivity index (χ1) is 13.3. The van der Waals surface area contributed by atoms with Gasteiger partial charge in [-0.2, -0.15) is 0 Å². The first-order valence-corrected chi connectivity index (χ1v) is 9.50. The number of rotatable bonds is 9. The molecule has 0 saturated heterocycles. The summed E-state index contributed by atoms with van der Waals surface area (Å²) in [4.78, 5) is 37.2. The van der Waals surface area contributed by atoms with Crippen molar-refractivity contribution in [2.75, 3.05) is 0 Å². The van der Waals surface area contributed by atoms with E-state index in [1.54, 1.807) is 6.92 Å². The number of benzene rings is 2. The van der Waals surface area contributed by atoms with Crippen molar-refractivity contribution in [1.82, 2.24) is 10.6 Å². The third-order valence-electron chi connectivity index (χ3n) is 5.10. The first kappa shape index (κ1) is 21.4. The van der Waals surface area contributed by atoms with Crippen LogP contribution in [0.5, 0.6) is 0 Å². The average molecular weight is 380 g/mol. The van der Waals surface area contributed by atoms with Gasteiger partial charge >= 0.3 is 0 Å². The van der Waals surface area contributed by atoms with Crippen LogP contribution in [0.25, 0.3) is 0 Å². The highest BCUT2D eigenvalue weighted by Crippen LogP contribution is 2.25. The van der Waals surface area contributed by atoms with E-state index in [1.165, 1.54) is 6.92 Å². The smallest absolute Gasteiger partial charge is 0.233 e. The maximum Gasteiger partial charge on any atom is 0.233 e. The van der Waals surface area contributed by atoms with E-state index in [2.05, 4.69) is 10.6 Å². The Hall–Kier alpha value is -2.95. The highest BCUT2D eigenvalue weighted by atomic mass is 16.2. The molecule has 148 valence electrons. The summed E-state index contributed by atoms with van der Waals surface area (Å²) in [5.41, 5.74) is 0.726. The third-order valence-corrected chi connectivity index (χ3v) is 5.10. The Balaban J connectivity index is 1.92. The minimum absolute atomic E-state index is 0.103. The summed E-state index contributed by atoms with van der Waals surface area (Å²) < 4.78 is 0. The molecule has 0 radical (unpaired) electrons. The fourth-order valence-corrected chi connectivity index (χ4v) is 2.92. The lowest BCUT2D eigenvalue weighted by molar-refractivity contribution is -0.141. The molecule has 0 heterocycles. The van der Waals surface area contributed by atoms with Crippen molar-refractivity contribution in [3.05, 3.63) is 71.8 Å². The van der Waals surface area contributed by atoms with Crippen molar-refractivity contribution in [2.24, 2.45) is 5.41 Å². The Kier molecular flexibility index (Phi) is 7.50. The average Bonchev–Trinajstić information content (AvgIpc) is 2.71. The zero-order chi connectivity index (χ0) is 20.6. The summed E-state index contributed by atoms with van der Waals surface area (Å²) in [5, 5.41) is 5.74. The molecule has 2 atom stereocenters.